The van der Waals surface area contributed by atoms with Crippen LogP contribution in [0.2, 0.25) is 0 Å². The predicted octanol–water partition coefficient (Wildman–Crippen LogP) is 0.817. The molecule has 0 aromatic heterocycles. The van der Waals surface area contributed by atoms with Crippen LogP contribution < -0.4 is 5.32 Å². The standard InChI is InChI=1S/C9H19NO4S/c1-8(2)5-6-10-9(11)4-3-7-15(12,13)14/h8H,3-7H2,1-2H3,(H,10,11)(H,12,13,14). The first-order valence-electron chi connectivity index (χ1n) is 5.03. The SMILES string of the molecule is CC(C)CCNC(=O)CCCS(=O)(=O)O. The van der Waals surface area contributed by atoms with E-state index in [1.165, 1.54) is 0 Å². The van der Waals surface area contributed by atoms with E-state index in [-0.39, 0.29) is 24.5 Å². The summed E-state index contributed by atoms with van der Waals surface area (Å²) in [5, 5.41) is 2.68. The highest BCUT2D eigenvalue weighted by Crippen LogP contribution is 1.98. The molecule has 1 amide bonds. The summed E-state index contributed by atoms with van der Waals surface area (Å²) in [6, 6.07) is 0. The highest BCUT2D eigenvalue weighted by atomic mass is 32.2. The smallest absolute Gasteiger partial charge is 0.264 e. The van der Waals surface area contributed by atoms with Gasteiger partial charge in [-0.1, -0.05) is 13.8 Å². The zero-order valence-corrected chi connectivity index (χ0v) is 10.0. The van der Waals surface area contributed by atoms with Gasteiger partial charge in [-0.2, -0.15) is 8.42 Å². The Morgan fingerprint density at radius 3 is 2.47 bits per heavy atom. The lowest BCUT2D eigenvalue weighted by Crippen LogP contribution is -2.25. The van der Waals surface area contributed by atoms with Gasteiger partial charge in [-0.15, -0.1) is 0 Å². The number of hydrogen-bond donors (Lipinski definition) is 2. The fraction of sp³-hybridized carbons (Fsp3) is 0.889. The summed E-state index contributed by atoms with van der Waals surface area (Å²) in [6.45, 7) is 4.73. The van der Waals surface area contributed by atoms with Crippen molar-refractivity contribution in [3.8, 4) is 0 Å². The molecule has 0 atom stereocenters. The van der Waals surface area contributed by atoms with Crippen LogP contribution in [-0.2, 0) is 14.9 Å². The van der Waals surface area contributed by atoms with Crippen LogP contribution >= 0.6 is 0 Å². The third-order valence-corrected chi connectivity index (χ3v) is 2.65. The van der Waals surface area contributed by atoms with E-state index in [0.717, 1.165) is 6.42 Å². The van der Waals surface area contributed by atoms with Crippen LogP contribution in [0.1, 0.15) is 33.1 Å². The molecule has 6 heteroatoms. The molecule has 0 fully saturated rings. The Kier molecular flexibility index (Phi) is 6.51. The first-order valence-corrected chi connectivity index (χ1v) is 6.64. The van der Waals surface area contributed by atoms with Crippen LogP contribution in [0.4, 0.5) is 0 Å². The average molecular weight is 237 g/mol. The van der Waals surface area contributed by atoms with E-state index in [9.17, 15) is 13.2 Å². The lowest BCUT2D eigenvalue weighted by atomic mass is 10.1. The lowest BCUT2D eigenvalue weighted by Gasteiger charge is -2.06. The maximum absolute atomic E-state index is 11.1. The molecule has 0 saturated heterocycles. The Hall–Kier alpha value is -0.620. The molecule has 0 aromatic carbocycles. The van der Waals surface area contributed by atoms with E-state index in [0.29, 0.717) is 12.5 Å². The van der Waals surface area contributed by atoms with Gasteiger partial charge in [0.1, 0.15) is 0 Å². The van der Waals surface area contributed by atoms with E-state index in [1.807, 2.05) is 0 Å². The van der Waals surface area contributed by atoms with Crippen LogP contribution in [0.5, 0.6) is 0 Å². The summed E-state index contributed by atoms with van der Waals surface area (Å²) in [4.78, 5) is 11.1. The van der Waals surface area contributed by atoms with Gasteiger partial charge >= 0.3 is 0 Å². The van der Waals surface area contributed by atoms with Crippen molar-refractivity contribution in [2.24, 2.45) is 5.92 Å². The van der Waals surface area contributed by atoms with Crippen molar-refractivity contribution in [2.75, 3.05) is 12.3 Å². The van der Waals surface area contributed by atoms with Crippen molar-refractivity contribution in [3.63, 3.8) is 0 Å². The minimum Gasteiger partial charge on any atom is -0.356 e. The Labute approximate surface area is 91.0 Å². The third-order valence-electron chi connectivity index (χ3n) is 1.85. The monoisotopic (exact) mass is 237 g/mol. The van der Waals surface area contributed by atoms with Crippen molar-refractivity contribution in [2.45, 2.75) is 33.1 Å². The third kappa shape index (κ3) is 11.3. The quantitative estimate of drug-likeness (QED) is 0.642. The second-order valence-corrected chi connectivity index (χ2v) is 5.49. The maximum atomic E-state index is 11.1. The van der Waals surface area contributed by atoms with Gasteiger partial charge in [0.25, 0.3) is 10.1 Å². The second-order valence-electron chi connectivity index (χ2n) is 3.92. The molecule has 0 aliphatic heterocycles. The van der Waals surface area contributed by atoms with Gasteiger partial charge in [-0.3, -0.25) is 9.35 Å². The molecule has 0 bridgehead atoms. The minimum atomic E-state index is -3.93. The molecular formula is C9H19NO4S. The number of nitrogens with one attached hydrogen (secondary N) is 1. The van der Waals surface area contributed by atoms with E-state index < -0.39 is 10.1 Å². The van der Waals surface area contributed by atoms with Gasteiger partial charge in [0.05, 0.1) is 5.75 Å². The van der Waals surface area contributed by atoms with Crippen molar-refractivity contribution in [1.82, 2.24) is 5.32 Å². The van der Waals surface area contributed by atoms with Crippen molar-refractivity contribution < 1.29 is 17.8 Å². The van der Waals surface area contributed by atoms with E-state index in [1.54, 1.807) is 0 Å². The summed E-state index contributed by atoms with van der Waals surface area (Å²) >= 11 is 0. The molecule has 0 unspecified atom stereocenters. The Morgan fingerprint density at radius 1 is 1.40 bits per heavy atom. The van der Waals surface area contributed by atoms with Crippen LogP contribution in [0, 0.1) is 5.92 Å². The van der Waals surface area contributed by atoms with E-state index in [2.05, 4.69) is 19.2 Å². The normalized spacial score (nSPS) is 11.7. The summed E-state index contributed by atoms with van der Waals surface area (Å²) in [6.07, 6.45) is 1.20. The summed E-state index contributed by atoms with van der Waals surface area (Å²) in [5.74, 6) is 0.00680. The Morgan fingerprint density at radius 2 is 2.00 bits per heavy atom. The van der Waals surface area contributed by atoms with E-state index in [4.69, 9.17) is 4.55 Å². The molecule has 0 saturated carbocycles. The van der Waals surface area contributed by atoms with Crippen molar-refractivity contribution in [1.29, 1.82) is 0 Å². The Balaban J connectivity index is 3.50. The molecule has 90 valence electrons. The molecule has 0 aromatic rings. The van der Waals surface area contributed by atoms with E-state index >= 15 is 0 Å². The number of rotatable bonds is 7. The molecule has 5 nitrogen and oxygen atoms in total. The maximum Gasteiger partial charge on any atom is 0.264 e. The second kappa shape index (κ2) is 6.79. The molecule has 0 aliphatic carbocycles. The first-order chi connectivity index (χ1) is 6.81. The van der Waals surface area contributed by atoms with Crippen LogP contribution in [0.25, 0.3) is 0 Å². The number of amides is 1. The molecule has 2 N–H and O–H groups in total. The predicted molar refractivity (Wildman–Crippen MR) is 58.1 cm³/mol. The highest BCUT2D eigenvalue weighted by Gasteiger charge is 2.07. The molecule has 15 heavy (non-hydrogen) atoms. The van der Waals surface area contributed by atoms with Gasteiger partial charge in [0.15, 0.2) is 0 Å². The zero-order chi connectivity index (χ0) is 11.9. The van der Waals surface area contributed by atoms with Crippen LogP contribution in [-0.4, -0.2) is 31.2 Å². The first kappa shape index (κ1) is 14.4. The van der Waals surface area contributed by atoms with Gasteiger partial charge in [0.2, 0.25) is 5.91 Å². The topological polar surface area (TPSA) is 83.5 Å². The highest BCUT2D eigenvalue weighted by molar-refractivity contribution is 7.85. The number of carbonyl (C=O) groups is 1. The largest absolute Gasteiger partial charge is 0.356 e. The lowest BCUT2D eigenvalue weighted by molar-refractivity contribution is -0.121. The van der Waals surface area contributed by atoms with Gasteiger partial charge in [-0.25, -0.2) is 0 Å². The molecule has 0 heterocycles. The molecule has 0 rings (SSSR count). The van der Waals surface area contributed by atoms with Gasteiger partial charge < -0.3 is 5.32 Å². The molecule has 0 radical (unpaired) electrons. The van der Waals surface area contributed by atoms with Crippen molar-refractivity contribution >= 4 is 16.0 Å². The molecule has 0 spiro atoms. The molecular weight excluding hydrogens is 218 g/mol. The zero-order valence-electron chi connectivity index (χ0n) is 9.19. The van der Waals surface area contributed by atoms with Crippen LogP contribution in [0.15, 0.2) is 0 Å². The summed E-state index contributed by atoms with van der Waals surface area (Å²) in [7, 11) is -3.93. The minimum absolute atomic E-state index is 0.137. The summed E-state index contributed by atoms with van der Waals surface area (Å²) < 4.78 is 29.1. The number of carbonyl (C=O) groups excluding carboxylic acids is 1. The average Bonchev–Trinajstić information content (AvgIpc) is 2.00. The fourth-order valence-corrected chi connectivity index (χ4v) is 1.51. The number of hydrogen-bond acceptors (Lipinski definition) is 3. The van der Waals surface area contributed by atoms with Gasteiger partial charge in [-0.05, 0) is 18.8 Å². The molecule has 0 aliphatic rings. The van der Waals surface area contributed by atoms with Crippen LogP contribution in [0.3, 0.4) is 0 Å². The Bertz CT molecular complexity index is 284. The summed E-state index contributed by atoms with van der Waals surface area (Å²) in [5.41, 5.74) is 0. The van der Waals surface area contributed by atoms with Gasteiger partial charge in [0, 0.05) is 13.0 Å². The fourth-order valence-electron chi connectivity index (χ4n) is 1.00. The van der Waals surface area contributed by atoms with Crippen molar-refractivity contribution in [3.05, 3.63) is 0 Å².